The van der Waals surface area contributed by atoms with E-state index in [1.54, 1.807) is 12.4 Å². The van der Waals surface area contributed by atoms with Gasteiger partial charge in [-0.2, -0.15) is 0 Å². The van der Waals surface area contributed by atoms with Crippen LogP contribution in [0.1, 0.15) is 42.2 Å². The Kier molecular flexibility index (Phi) is 8.50. The van der Waals surface area contributed by atoms with Crippen LogP contribution in [0.4, 0.5) is 0 Å². The molecule has 0 bridgehead atoms. The first kappa shape index (κ1) is 26.9. The van der Waals surface area contributed by atoms with E-state index in [2.05, 4.69) is 26.2 Å². The summed E-state index contributed by atoms with van der Waals surface area (Å²) in [5, 5.41) is 14.0. The smallest absolute Gasteiger partial charge is 0.205 e. The van der Waals surface area contributed by atoms with Gasteiger partial charge < -0.3 is 34.1 Å². The van der Waals surface area contributed by atoms with Crippen LogP contribution in [-0.2, 0) is 29.1 Å². The molecule has 0 saturated heterocycles. The molecule has 2 aliphatic rings. The zero-order chi connectivity index (χ0) is 26.5. The molecule has 2 aliphatic heterocycles. The maximum atomic E-state index is 10.7. The minimum Gasteiger partial charge on any atom is -0.486 e. The Bertz CT molecular complexity index is 1250. The van der Waals surface area contributed by atoms with Crippen LogP contribution in [0.5, 0.6) is 17.2 Å². The minimum absolute atomic E-state index is 0.176. The van der Waals surface area contributed by atoms with Crippen LogP contribution in [0.3, 0.4) is 0 Å². The Morgan fingerprint density at radius 1 is 1.11 bits per heavy atom. The summed E-state index contributed by atoms with van der Waals surface area (Å²) >= 11 is 3.42. The summed E-state index contributed by atoms with van der Waals surface area (Å²) in [6, 6.07) is 13.8. The zero-order valence-corrected chi connectivity index (χ0v) is 23.2. The molecular formula is C29H33BrN2O6. The fourth-order valence-corrected chi connectivity index (χ4v) is 4.81. The fraction of sp³-hybridized carbons (Fsp3) is 0.414. The van der Waals surface area contributed by atoms with E-state index in [-0.39, 0.29) is 6.10 Å². The standard InChI is InChI=1S/C29H33BrN2O6/c1-29(2)36-16-22-11-21(4-6-26(22)38-29)25(33)14-31-8-7-19-3-5-27-28(10-19)37-24(18-35-27)17-34-15-20-9-23(30)13-32-12-20/h3-6,9-13,24-25,31,33H,7-8,14-18H2,1-2H3/t24-,25+/m1/s1. The molecule has 0 radical (unpaired) electrons. The van der Waals surface area contributed by atoms with E-state index in [4.69, 9.17) is 23.7 Å². The number of nitrogens with zero attached hydrogens (tertiary/aromatic N) is 1. The molecule has 0 spiro atoms. The lowest BCUT2D eigenvalue weighted by atomic mass is 10.0. The third kappa shape index (κ3) is 7.03. The number of aromatic nitrogens is 1. The first-order valence-electron chi connectivity index (χ1n) is 12.8. The van der Waals surface area contributed by atoms with Crippen LogP contribution in [0.25, 0.3) is 0 Å². The predicted molar refractivity (Wildman–Crippen MR) is 145 cm³/mol. The zero-order valence-electron chi connectivity index (χ0n) is 21.6. The SMILES string of the molecule is CC1(C)OCc2cc([C@@H](O)CNCCc3ccc4c(c3)O[C@H](COCc3cncc(Br)c3)CO4)ccc2O1. The topological polar surface area (TPSA) is 91.3 Å². The van der Waals surface area contributed by atoms with Crippen molar-refractivity contribution in [3.63, 3.8) is 0 Å². The third-order valence-electron chi connectivity index (χ3n) is 6.39. The number of aliphatic hydroxyl groups excluding tert-OH is 1. The lowest BCUT2D eigenvalue weighted by Crippen LogP contribution is -2.35. The molecule has 2 N–H and O–H groups in total. The molecule has 0 saturated carbocycles. The molecule has 202 valence electrons. The van der Waals surface area contributed by atoms with Gasteiger partial charge in [-0.05, 0) is 75.9 Å². The van der Waals surface area contributed by atoms with Gasteiger partial charge >= 0.3 is 0 Å². The summed E-state index contributed by atoms with van der Waals surface area (Å²) in [6.45, 7) is 6.75. The summed E-state index contributed by atoms with van der Waals surface area (Å²) in [6.07, 6.45) is 3.53. The van der Waals surface area contributed by atoms with E-state index in [1.165, 1.54) is 0 Å². The Hall–Kier alpha value is -2.69. The number of pyridine rings is 1. The third-order valence-corrected chi connectivity index (χ3v) is 6.82. The average molecular weight is 585 g/mol. The number of aliphatic hydroxyl groups is 1. The van der Waals surface area contributed by atoms with E-state index in [1.807, 2.05) is 56.3 Å². The average Bonchev–Trinajstić information content (AvgIpc) is 2.90. The van der Waals surface area contributed by atoms with E-state index in [9.17, 15) is 5.11 Å². The maximum Gasteiger partial charge on any atom is 0.205 e. The van der Waals surface area contributed by atoms with Gasteiger partial charge in [0.2, 0.25) is 5.79 Å². The number of hydrogen-bond acceptors (Lipinski definition) is 8. The second-order valence-electron chi connectivity index (χ2n) is 9.99. The van der Waals surface area contributed by atoms with E-state index in [0.717, 1.165) is 56.9 Å². The molecule has 8 nitrogen and oxygen atoms in total. The highest BCUT2D eigenvalue weighted by atomic mass is 79.9. The molecule has 0 unspecified atom stereocenters. The molecule has 9 heteroatoms. The van der Waals surface area contributed by atoms with Gasteiger partial charge in [0.25, 0.3) is 0 Å². The summed E-state index contributed by atoms with van der Waals surface area (Å²) in [4.78, 5) is 4.15. The first-order chi connectivity index (χ1) is 18.3. The number of halogens is 1. The van der Waals surface area contributed by atoms with Gasteiger partial charge in [-0.25, -0.2) is 0 Å². The second-order valence-corrected chi connectivity index (χ2v) is 10.9. The Labute approximate surface area is 231 Å². The van der Waals surface area contributed by atoms with Crippen molar-refractivity contribution in [3.05, 3.63) is 81.6 Å². The summed E-state index contributed by atoms with van der Waals surface area (Å²) in [5.74, 6) is 1.65. The van der Waals surface area contributed by atoms with Gasteiger partial charge in [-0.1, -0.05) is 12.1 Å². The predicted octanol–water partition coefficient (Wildman–Crippen LogP) is 4.71. The molecule has 2 aromatic carbocycles. The second kappa shape index (κ2) is 12.0. The number of ether oxygens (including phenoxy) is 5. The van der Waals surface area contributed by atoms with Gasteiger partial charge in [0.1, 0.15) is 12.4 Å². The number of fused-ring (bicyclic) bond motifs is 2. The molecule has 5 rings (SSSR count). The monoisotopic (exact) mass is 584 g/mol. The van der Waals surface area contributed by atoms with Crippen molar-refractivity contribution in [2.24, 2.45) is 0 Å². The van der Waals surface area contributed by atoms with E-state index in [0.29, 0.717) is 33.0 Å². The lowest BCUT2D eigenvalue weighted by Gasteiger charge is -2.33. The summed E-state index contributed by atoms with van der Waals surface area (Å²) < 4.78 is 30.3. The van der Waals surface area contributed by atoms with Crippen LogP contribution in [-0.4, -0.2) is 48.3 Å². The highest BCUT2D eigenvalue weighted by Gasteiger charge is 2.27. The molecule has 0 aliphatic carbocycles. The van der Waals surface area contributed by atoms with Gasteiger partial charge in [-0.15, -0.1) is 0 Å². The number of nitrogens with one attached hydrogen (secondary N) is 1. The molecule has 0 amide bonds. The van der Waals surface area contributed by atoms with E-state index >= 15 is 0 Å². The molecule has 3 aromatic rings. The van der Waals surface area contributed by atoms with Crippen molar-refractivity contribution >= 4 is 15.9 Å². The quantitative estimate of drug-likeness (QED) is 0.331. The molecule has 3 heterocycles. The first-order valence-corrected chi connectivity index (χ1v) is 13.6. The van der Waals surface area contributed by atoms with Crippen LogP contribution in [0, 0.1) is 0 Å². The number of hydrogen-bond donors (Lipinski definition) is 2. The van der Waals surface area contributed by atoms with Crippen LogP contribution in [0.15, 0.2) is 59.3 Å². The number of rotatable bonds is 10. The van der Waals surface area contributed by atoms with Crippen LogP contribution in [0.2, 0.25) is 0 Å². The molecule has 1 aromatic heterocycles. The van der Waals surface area contributed by atoms with Crippen molar-refractivity contribution in [1.82, 2.24) is 10.3 Å². The lowest BCUT2D eigenvalue weighted by molar-refractivity contribution is -0.180. The van der Waals surface area contributed by atoms with Gasteiger partial charge in [0, 0.05) is 42.8 Å². The Balaban J connectivity index is 1.06. The van der Waals surface area contributed by atoms with Crippen molar-refractivity contribution in [2.45, 2.75) is 51.5 Å². The van der Waals surface area contributed by atoms with Gasteiger partial charge in [-0.3, -0.25) is 4.98 Å². The highest BCUT2D eigenvalue weighted by molar-refractivity contribution is 9.10. The summed E-state index contributed by atoms with van der Waals surface area (Å²) in [7, 11) is 0. The van der Waals surface area contributed by atoms with Gasteiger partial charge in [0.15, 0.2) is 17.6 Å². The largest absolute Gasteiger partial charge is 0.486 e. The van der Waals surface area contributed by atoms with Crippen LogP contribution < -0.4 is 19.5 Å². The molecule has 38 heavy (non-hydrogen) atoms. The van der Waals surface area contributed by atoms with E-state index < -0.39 is 11.9 Å². The highest BCUT2D eigenvalue weighted by Crippen LogP contribution is 2.34. The van der Waals surface area contributed by atoms with Crippen molar-refractivity contribution in [3.8, 4) is 17.2 Å². The van der Waals surface area contributed by atoms with Crippen LogP contribution >= 0.6 is 15.9 Å². The normalized spacial score (nSPS) is 18.4. The Morgan fingerprint density at radius 2 is 1.97 bits per heavy atom. The van der Waals surface area contributed by atoms with Gasteiger partial charge in [0.05, 0.1) is 25.9 Å². The number of benzene rings is 2. The summed E-state index contributed by atoms with van der Waals surface area (Å²) in [5.41, 5.74) is 3.91. The van der Waals surface area contributed by atoms with Crippen molar-refractivity contribution in [2.75, 3.05) is 26.3 Å². The molecular weight excluding hydrogens is 552 g/mol. The van der Waals surface area contributed by atoms with Crippen molar-refractivity contribution < 1.29 is 28.8 Å². The van der Waals surface area contributed by atoms with Crippen molar-refractivity contribution in [1.29, 1.82) is 0 Å². The Morgan fingerprint density at radius 3 is 2.84 bits per heavy atom. The minimum atomic E-state index is -0.630. The fourth-order valence-electron chi connectivity index (χ4n) is 4.39. The molecule has 0 fully saturated rings. The maximum absolute atomic E-state index is 10.7. The molecule has 2 atom stereocenters.